The lowest BCUT2D eigenvalue weighted by Gasteiger charge is -2.15. The maximum atomic E-state index is 12.4. The molecule has 1 N–H and O–H groups in total. The molecule has 0 atom stereocenters. The van der Waals surface area contributed by atoms with Gasteiger partial charge in [0.05, 0.1) is 6.42 Å². The Bertz CT molecular complexity index is 732. The van der Waals surface area contributed by atoms with E-state index < -0.39 is 18.1 Å². The van der Waals surface area contributed by atoms with Crippen LogP contribution in [0.5, 0.6) is 11.5 Å². The van der Waals surface area contributed by atoms with Crippen molar-refractivity contribution in [3.8, 4) is 11.5 Å². The molecule has 0 fully saturated rings. The maximum Gasteiger partial charge on any atom is 0.573 e. The van der Waals surface area contributed by atoms with Crippen molar-refractivity contribution in [3.05, 3.63) is 58.6 Å². The predicted molar refractivity (Wildman–Crippen MR) is 80.2 cm³/mol. The van der Waals surface area contributed by atoms with Gasteiger partial charge in [-0.1, -0.05) is 29.8 Å². The fraction of sp³-hybridized carbons (Fsp3) is 0.188. The number of rotatable bonds is 6. The molecule has 0 amide bonds. The van der Waals surface area contributed by atoms with Crippen LogP contribution in [-0.4, -0.2) is 17.4 Å². The summed E-state index contributed by atoms with van der Waals surface area (Å²) in [5.41, 5.74) is 0.496. The molecule has 8 heteroatoms. The molecule has 0 aliphatic rings. The smallest absolute Gasteiger partial charge is 0.488 e. The molecule has 128 valence electrons. The van der Waals surface area contributed by atoms with Gasteiger partial charge < -0.3 is 14.6 Å². The van der Waals surface area contributed by atoms with E-state index in [1.54, 1.807) is 18.2 Å². The van der Waals surface area contributed by atoms with E-state index >= 15 is 0 Å². The van der Waals surface area contributed by atoms with E-state index in [1.807, 2.05) is 0 Å². The number of aliphatic carboxylic acids is 1. The number of carbonyl (C=O) groups is 1. The molecule has 0 aromatic heterocycles. The molecule has 0 aliphatic carbocycles. The van der Waals surface area contributed by atoms with Gasteiger partial charge in [0.25, 0.3) is 0 Å². The van der Waals surface area contributed by atoms with E-state index in [1.165, 1.54) is 18.2 Å². The molecule has 4 nitrogen and oxygen atoms in total. The highest BCUT2D eigenvalue weighted by Crippen LogP contribution is 2.30. The molecule has 0 radical (unpaired) electrons. The molecule has 2 aromatic rings. The summed E-state index contributed by atoms with van der Waals surface area (Å²) in [6.07, 6.45) is -5.11. The summed E-state index contributed by atoms with van der Waals surface area (Å²) in [6.45, 7) is -0.261. The monoisotopic (exact) mass is 360 g/mol. The SMILES string of the molecule is O=C(O)Cc1ccccc1OCc1cc(Cl)ccc1OC(F)(F)F. The van der Waals surface area contributed by atoms with E-state index in [9.17, 15) is 18.0 Å². The molecule has 0 spiro atoms. The van der Waals surface area contributed by atoms with Crippen LogP contribution in [0, 0.1) is 0 Å². The number of carboxylic acids is 1. The van der Waals surface area contributed by atoms with Gasteiger partial charge in [0.2, 0.25) is 0 Å². The van der Waals surface area contributed by atoms with Gasteiger partial charge in [0.1, 0.15) is 18.1 Å². The number of benzene rings is 2. The maximum absolute atomic E-state index is 12.4. The third-order valence-electron chi connectivity index (χ3n) is 2.95. The van der Waals surface area contributed by atoms with Crippen molar-refractivity contribution in [2.45, 2.75) is 19.4 Å². The van der Waals surface area contributed by atoms with Gasteiger partial charge >= 0.3 is 12.3 Å². The van der Waals surface area contributed by atoms with Crippen LogP contribution in [-0.2, 0) is 17.8 Å². The first-order valence-electron chi connectivity index (χ1n) is 6.71. The second-order valence-corrected chi connectivity index (χ2v) is 5.20. The minimum atomic E-state index is -4.84. The Balaban J connectivity index is 2.20. The first kappa shape index (κ1) is 17.9. The van der Waals surface area contributed by atoms with Gasteiger partial charge in [-0.15, -0.1) is 13.2 Å². The molecule has 0 saturated carbocycles. The lowest BCUT2D eigenvalue weighted by atomic mass is 10.1. The number of para-hydroxylation sites is 1. The van der Waals surface area contributed by atoms with E-state index in [0.29, 0.717) is 5.56 Å². The third kappa shape index (κ3) is 5.34. The molecule has 0 heterocycles. The summed E-state index contributed by atoms with van der Waals surface area (Å²) in [5, 5.41) is 9.09. The first-order chi connectivity index (χ1) is 11.2. The number of carboxylic acid groups (broad SMARTS) is 1. The van der Waals surface area contributed by atoms with Crippen LogP contribution in [0.15, 0.2) is 42.5 Å². The Morgan fingerprint density at radius 3 is 2.46 bits per heavy atom. The topological polar surface area (TPSA) is 55.8 Å². The third-order valence-corrected chi connectivity index (χ3v) is 3.18. The average molecular weight is 361 g/mol. The van der Waals surface area contributed by atoms with Crippen molar-refractivity contribution in [2.75, 3.05) is 0 Å². The van der Waals surface area contributed by atoms with E-state index in [2.05, 4.69) is 4.74 Å². The van der Waals surface area contributed by atoms with Crippen molar-refractivity contribution in [1.29, 1.82) is 0 Å². The Morgan fingerprint density at radius 1 is 1.08 bits per heavy atom. The molecule has 0 unspecified atom stereocenters. The normalized spacial score (nSPS) is 11.2. The van der Waals surface area contributed by atoms with Crippen LogP contribution in [0.1, 0.15) is 11.1 Å². The van der Waals surface area contributed by atoms with Crippen molar-refractivity contribution in [2.24, 2.45) is 0 Å². The summed E-state index contributed by atoms with van der Waals surface area (Å²) in [7, 11) is 0. The van der Waals surface area contributed by atoms with Gasteiger partial charge in [-0.3, -0.25) is 4.79 Å². The van der Waals surface area contributed by atoms with E-state index in [-0.39, 0.29) is 29.4 Å². The molecule has 2 rings (SSSR count). The highest BCUT2D eigenvalue weighted by Gasteiger charge is 2.32. The summed E-state index contributed by atoms with van der Waals surface area (Å²) in [6, 6.07) is 10.0. The number of hydrogen-bond acceptors (Lipinski definition) is 3. The van der Waals surface area contributed by atoms with Gasteiger partial charge in [-0.05, 0) is 24.3 Å². The Kier molecular flexibility index (Phi) is 5.56. The fourth-order valence-corrected chi connectivity index (χ4v) is 2.19. The fourth-order valence-electron chi connectivity index (χ4n) is 1.99. The number of ether oxygens (including phenoxy) is 2. The minimum Gasteiger partial charge on any atom is -0.488 e. The summed E-state index contributed by atoms with van der Waals surface area (Å²) in [5.74, 6) is -1.21. The molecule has 24 heavy (non-hydrogen) atoms. The summed E-state index contributed by atoms with van der Waals surface area (Å²) < 4.78 is 46.7. The molecular formula is C16H12ClF3O4. The molecule has 0 aliphatic heterocycles. The van der Waals surface area contributed by atoms with E-state index in [0.717, 1.165) is 6.07 Å². The van der Waals surface area contributed by atoms with Crippen LogP contribution >= 0.6 is 11.6 Å². The number of halogens is 4. The second-order valence-electron chi connectivity index (χ2n) is 4.77. The van der Waals surface area contributed by atoms with Gasteiger partial charge in [-0.25, -0.2) is 0 Å². The van der Waals surface area contributed by atoms with Crippen molar-refractivity contribution in [1.82, 2.24) is 0 Å². The predicted octanol–water partition coefficient (Wildman–Crippen LogP) is 4.44. The zero-order chi connectivity index (χ0) is 17.7. The van der Waals surface area contributed by atoms with Crippen molar-refractivity contribution < 1.29 is 32.5 Å². The average Bonchev–Trinajstić information content (AvgIpc) is 2.47. The lowest BCUT2D eigenvalue weighted by molar-refractivity contribution is -0.275. The minimum absolute atomic E-state index is 0.0879. The van der Waals surface area contributed by atoms with Crippen LogP contribution in [0.2, 0.25) is 5.02 Å². The van der Waals surface area contributed by atoms with Crippen molar-refractivity contribution >= 4 is 17.6 Å². The summed E-state index contributed by atoms with van der Waals surface area (Å²) in [4.78, 5) is 10.8. The van der Waals surface area contributed by atoms with Gasteiger partial charge in [0.15, 0.2) is 0 Å². The quantitative estimate of drug-likeness (QED) is 0.827. The Morgan fingerprint density at radius 2 is 1.79 bits per heavy atom. The number of hydrogen-bond donors (Lipinski definition) is 1. The zero-order valence-electron chi connectivity index (χ0n) is 12.1. The Labute approximate surface area is 140 Å². The van der Waals surface area contributed by atoms with Gasteiger partial charge in [0, 0.05) is 16.1 Å². The zero-order valence-corrected chi connectivity index (χ0v) is 12.9. The second kappa shape index (κ2) is 7.44. The highest BCUT2D eigenvalue weighted by molar-refractivity contribution is 6.30. The Hall–Kier alpha value is -2.41. The first-order valence-corrected chi connectivity index (χ1v) is 7.09. The molecular weight excluding hydrogens is 349 g/mol. The molecule has 0 saturated heterocycles. The molecule has 0 bridgehead atoms. The van der Waals surface area contributed by atoms with Crippen LogP contribution in [0.4, 0.5) is 13.2 Å². The lowest BCUT2D eigenvalue weighted by Crippen LogP contribution is -2.18. The summed E-state index contributed by atoms with van der Waals surface area (Å²) >= 11 is 5.80. The van der Waals surface area contributed by atoms with Crippen LogP contribution in [0.25, 0.3) is 0 Å². The van der Waals surface area contributed by atoms with Crippen LogP contribution < -0.4 is 9.47 Å². The standard InChI is InChI=1S/C16H12ClF3O4/c17-12-5-6-14(24-16(18,19)20)11(7-12)9-23-13-4-2-1-3-10(13)8-15(21)22/h1-7H,8-9H2,(H,21,22). The van der Waals surface area contributed by atoms with Gasteiger partial charge in [-0.2, -0.15) is 0 Å². The highest BCUT2D eigenvalue weighted by atomic mass is 35.5. The largest absolute Gasteiger partial charge is 0.573 e. The number of alkyl halides is 3. The molecule has 2 aromatic carbocycles. The van der Waals surface area contributed by atoms with Crippen molar-refractivity contribution in [3.63, 3.8) is 0 Å². The van der Waals surface area contributed by atoms with E-state index in [4.69, 9.17) is 21.4 Å². The van der Waals surface area contributed by atoms with Crippen LogP contribution in [0.3, 0.4) is 0 Å².